The molecule has 1 N–H and O–H groups in total. The standard InChI is InChI=1S/C16H13N3O2/c20-12-6-4-11(5-7-12)15(21)14-13(10-2-3-10)18-16-17-8-1-9-19(14)16/h1,4-10,20H,2-3H2. The van der Waals surface area contributed by atoms with Gasteiger partial charge in [-0.3, -0.25) is 9.20 Å². The molecular weight excluding hydrogens is 266 g/mol. The third kappa shape index (κ3) is 1.98. The number of hydrogen-bond donors (Lipinski definition) is 1. The number of ketones is 1. The van der Waals surface area contributed by atoms with Gasteiger partial charge in [-0.05, 0) is 43.2 Å². The first-order chi connectivity index (χ1) is 10.2. The molecular formula is C16H13N3O2. The molecule has 1 aliphatic carbocycles. The lowest BCUT2D eigenvalue weighted by molar-refractivity contribution is 0.103. The Morgan fingerprint density at radius 3 is 2.71 bits per heavy atom. The van der Waals surface area contributed by atoms with Crippen LogP contribution < -0.4 is 0 Å². The fourth-order valence-corrected chi connectivity index (χ4v) is 2.52. The van der Waals surface area contributed by atoms with Crippen LogP contribution in [0.3, 0.4) is 0 Å². The van der Waals surface area contributed by atoms with Crippen molar-refractivity contribution in [3.63, 3.8) is 0 Å². The van der Waals surface area contributed by atoms with Crippen LogP contribution in [0.2, 0.25) is 0 Å². The molecule has 3 aromatic rings. The summed E-state index contributed by atoms with van der Waals surface area (Å²) in [5.41, 5.74) is 1.97. The third-order valence-corrected chi connectivity index (χ3v) is 3.74. The summed E-state index contributed by atoms with van der Waals surface area (Å²) in [4.78, 5) is 21.6. The molecule has 0 spiro atoms. The molecule has 0 amide bonds. The molecule has 1 aromatic carbocycles. The number of phenolic OH excluding ortho intramolecular Hbond substituents is 1. The highest BCUT2D eigenvalue weighted by Crippen LogP contribution is 2.41. The number of benzene rings is 1. The average Bonchev–Trinajstić information content (AvgIpc) is 3.28. The van der Waals surface area contributed by atoms with Crippen LogP contribution in [0.1, 0.15) is 40.5 Å². The van der Waals surface area contributed by atoms with Crippen molar-refractivity contribution in [3.05, 3.63) is 59.7 Å². The molecule has 1 fully saturated rings. The Bertz CT molecular complexity index is 832. The molecule has 0 atom stereocenters. The van der Waals surface area contributed by atoms with Crippen LogP contribution in [0, 0.1) is 0 Å². The summed E-state index contributed by atoms with van der Waals surface area (Å²) in [5, 5.41) is 9.35. The van der Waals surface area contributed by atoms with Crippen molar-refractivity contribution in [2.45, 2.75) is 18.8 Å². The van der Waals surface area contributed by atoms with Crippen molar-refractivity contribution in [1.29, 1.82) is 0 Å². The summed E-state index contributed by atoms with van der Waals surface area (Å²) in [6.45, 7) is 0. The first kappa shape index (κ1) is 12.1. The van der Waals surface area contributed by atoms with Crippen molar-refractivity contribution in [3.8, 4) is 5.75 Å². The first-order valence-corrected chi connectivity index (χ1v) is 6.91. The van der Waals surface area contributed by atoms with E-state index in [-0.39, 0.29) is 11.5 Å². The van der Waals surface area contributed by atoms with E-state index in [0.717, 1.165) is 18.5 Å². The zero-order valence-corrected chi connectivity index (χ0v) is 11.2. The summed E-state index contributed by atoms with van der Waals surface area (Å²) >= 11 is 0. The van der Waals surface area contributed by atoms with Gasteiger partial charge >= 0.3 is 0 Å². The van der Waals surface area contributed by atoms with Crippen LogP contribution in [-0.2, 0) is 0 Å². The lowest BCUT2D eigenvalue weighted by Gasteiger charge is -2.04. The first-order valence-electron chi connectivity index (χ1n) is 6.91. The van der Waals surface area contributed by atoms with E-state index in [1.807, 2.05) is 6.20 Å². The van der Waals surface area contributed by atoms with Gasteiger partial charge < -0.3 is 5.11 Å². The van der Waals surface area contributed by atoms with E-state index in [1.54, 1.807) is 28.8 Å². The fraction of sp³-hybridized carbons (Fsp3) is 0.188. The zero-order chi connectivity index (χ0) is 14.4. The molecule has 0 saturated heterocycles. The molecule has 2 aromatic heterocycles. The van der Waals surface area contributed by atoms with Gasteiger partial charge in [0.15, 0.2) is 0 Å². The van der Waals surface area contributed by atoms with Gasteiger partial charge in [-0.15, -0.1) is 0 Å². The summed E-state index contributed by atoms with van der Waals surface area (Å²) in [6.07, 6.45) is 5.63. The number of aromatic hydroxyl groups is 1. The predicted molar refractivity (Wildman–Crippen MR) is 76.5 cm³/mol. The van der Waals surface area contributed by atoms with Gasteiger partial charge in [0.2, 0.25) is 11.6 Å². The molecule has 1 saturated carbocycles. The van der Waals surface area contributed by atoms with Gasteiger partial charge in [0.25, 0.3) is 0 Å². The number of imidazole rings is 1. The van der Waals surface area contributed by atoms with Crippen LogP contribution in [0.15, 0.2) is 42.7 Å². The summed E-state index contributed by atoms with van der Waals surface area (Å²) in [7, 11) is 0. The second kappa shape index (κ2) is 4.41. The van der Waals surface area contributed by atoms with Gasteiger partial charge in [-0.2, -0.15) is 0 Å². The lowest BCUT2D eigenvalue weighted by atomic mass is 10.1. The Morgan fingerprint density at radius 1 is 1.24 bits per heavy atom. The molecule has 0 aliphatic heterocycles. The maximum Gasteiger partial charge on any atom is 0.234 e. The Morgan fingerprint density at radius 2 is 2.00 bits per heavy atom. The maximum absolute atomic E-state index is 12.8. The van der Waals surface area contributed by atoms with Crippen LogP contribution in [0.5, 0.6) is 5.75 Å². The van der Waals surface area contributed by atoms with E-state index in [4.69, 9.17) is 0 Å². The number of hydrogen-bond acceptors (Lipinski definition) is 4. The molecule has 4 rings (SSSR count). The minimum atomic E-state index is -0.0857. The maximum atomic E-state index is 12.8. The van der Waals surface area contributed by atoms with Crippen LogP contribution in [-0.4, -0.2) is 25.3 Å². The van der Waals surface area contributed by atoms with Crippen LogP contribution >= 0.6 is 0 Å². The van der Waals surface area contributed by atoms with E-state index in [1.165, 1.54) is 12.1 Å². The molecule has 104 valence electrons. The van der Waals surface area contributed by atoms with Gasteiger partial charge in [-0.25, -0.2) is 9.97 Å². The van der Waals surface area contributed by atoms with Crippen LogP contribution in [0.4, 0.5) is 0 Å². The SMILES string of the molecule is O=C(c1ccc(O)cc1)c1c(C2CC2)nc2ncccn12. The van der Waals surface area contributed by atoms with Gasteiger partial charge in [0.1, 0.15) is 11.4 Å². The van der Waals surface area contributed by atoms with Crippen molar-refractivity contribution < 1.29 is 9.90 Å². The number of rotatable bonds is 3. The molecule has 21 heavy (non-hydrogen) atoms. The molecule has 5 heteroatoms. The van der Waals surface area contributed by atoms with E-state index >= 15 is 0 Å². The lowest BCUT2D eigenvalue weighted by Crippen LogP contribution is -2.08. The largest absolute Gasteiger partial charge is 0.508 e. The number of aromatic nitrogens is 3. The number of carbonyl (C=O) groups is 1. The number of fused-ring (bicyclic) bond motifs is 1. The summed E-state index contributed by atoms with van der Waals surface area (Å²) < 4.78 is 1.75. The Balaban J connectivity index is 1.90. The molecule has 2 heterocycles. The number of nitrogens with zero attached hydrogens (tertiary/aromatic N) is 3. The van der Waals surface area contributed by atoms with Crippen LogP contribution in [0.25, 0.3) is 5.78 Å². The van der Waals surface area contributed by atoms with Crippen molar-refractivity contribution in [2.24, 2.45) is 0 Å². The molecule has 1 aliphatic rings. The average molecular weight is 279 g/mol. The number of phenols is 1. The summed E-state index contributed by atoms with van der Waals surface area (Å²) in [5.74, 6) is 0.982. The molecule has 5 nitrogen and oxygen atoms in total. The Hall–Kier alpha value is -2.69. The van der Waals surface area contributed by atoms with E-state index in [9.17, 15) is 9.90 Å². The molecule has 0 radical (unpaired) electrons. The van der Waals surface area contributed by atoms with Crippen molar-refractivity contribution in [2.75, 3.05) is 0 Å². The van der Waals surface area contributed by atoms with Crippen molar-refractivity contribution in [1.82, 2.24) is 14.4 Å². The van der Waals surface area contributed by atoms with Gasteiger partial charge in [-0.1, -0.05) is 0 Å². The second-order valence-electron chi connectivity index (χ2n) is 5.29. The fourth-order valence-electron chi connectivity index (χ4n) is 2.52. The summed E-state index contributed by atoms with van der Waals surface area (Å²) in [6, 6.07) is 8.09. The third-order valence-electron chi connectivity index (χ3n) is 3.74. The number of carbonyl (C=O) groups excluding carboxylic acids is 1. The normalized spacial score (nSPS) is 14.5. The monoisotopic (exact) mass is 279 g/mol. The molecule has 0 bridgehead atoms. The van der Waals surface area contributed by atoms with E-state index in [2.05, 4.69) is 9.97 Å². The minimum Gasteiger partial charge on any atom is -0.508 e. The minimum absolute atomic E-state index is 0.0857. The molecule has 0 unspecified atom stereocenters. The highest BCUT2D eigenvalue weighted by molar-refractivity contribution is 6.09. The van der Waals surface area contributed by atoms with E-state index < -0.39 is 0 Å². The quantitative estimate of drug-likeness (QED) is 0.748. The second-order valence-corrected chi connectivity index (χ2v) is 5.29. The topological polar surface area (TPSA) is 67.5 Å². The van der Waals surface area contributed by atoms with Gasteiger partial charge in [0.05, 0.1) is 5.69 Å². The zero-order valence-electron chi connectivity index (χ0n) is 11.2. The van der Waals surface area contributed by atoms with Crippen molar-refractivity contribution >= 4 is 11.6 Å². The smallest absolute Gasteiger partial charge is 0.234 e. The Labute approximate surface area is 120 Å². The predicted octanol–water partition coefficient (Wildman–Crippen LogP) is 2.54. The highest BCUT2D eigenvalue weighted by atomic mass is 16.3. The highest BCUT2D eigenvalue weighted by Gasteiger charge is 2.33. The van der Waals surface area contributed by atoms with Gasteiger partial charge in [0, 0.05) is 23.9 Å². The van der Waals surface area contributed by atoms with E-state index in [0.29, 0.717) is 23.0 Å². The Kier molecular flexibility index (Phi) is 2.54.